The Hall–Kier alpha value is -2.91. The molecule has 0 fully saturated rings. The summed E-state index contributed by atoms with van der Waals surface area (Å²) in [5.74, 6) is -1.14. The van der Waals surface area contributed by atoms with Crippen LogP contribution in [0.25, 0.3) is 6.08 Å². The largest absolute Gasteiger partial charge is 0.452 e. The van der Waals surface area contributed by atoms with E-state index in [1.807, 2.05) is 31.2 Å². The van der Waals surface area contributed by atoms with Gasteiger partial charge in [0.25, 0.3) is 5.91 Å². The van der Waals surface area contributed by atoms with E-state index in [0.29, 0.717) is 11.3 Å². The number of amides is 1. The van der Waals surface area contributed by atoms with Crippen molar-refractivity contribution in [3.8, 4) is 6.07 Å². The van der Waals surface area contributed by atoms with Crippen molar-refractivity contribution in [1.29, 1.82) is 5.26 Å². The minimum atomic E-state index is -0.629. The number of benzene rings is 2. The van der Waals surface area contributed by atoms with Gasteiger partial charge in [-0.1, -0.05) is 40.2 Å². The number of carbonyl (C=O) groups excluding carboxylic acids is 2. The molecule has 0 atom stereocenters. The average Bonchev–Trinajstić information content (AvgIpc) is 2.59. The molecule has 0 aliphatic rings. The lowest BCUT2D eigenvalue weighted by molar-refractivity contribution is -0.142. The van der Waals surface area contributed by atoms with Crippen LogP contribution in [-0.4, -0.2) is 18.5 Å². The van der Waals surface area contributed by atoms with E-state index in [4.69, 9.17) is 10.00 Å². The molecular formula is C19H15BrN2O3. The minimum Gasteiger partial charge on any atom is -0.452 e. The zero-order chi connectivity index (χ0) is 18.2. The smallest absolute Gasteiger partial charge is 0.331 e. The van der Waals surface area contributed by atoms with Crippen molar-refractivity contribution in [3.63, 3.8) is 0 Å². The fourth-order valence-corrected chi connectivity index (χ4v) is 2.61. The number of hydrogen-bond donors (Lipinski definition) is 1. The summed E-state index contributed by atoms with van der Waals surface area (Å²) in [5.41, 5.74) is 2.65. The number of nitriles is 1. The molecule has 0 radical (unpaired) electrons. The average molecular weight is 399 g/mol. The van der Waals surface area contributed by atoms with Gasteiger partial charge in [0.2, 0.25) is 0 Å². The molecule has 1 amide bonds. The lowest BCUT2D eigenvalue weighted by Gasteiger charge is -2.06. The van der Waals surface area contributed by atoms with Gasteiger partial charge in [-0.2, -0.15) is 5.26 Å². The molecule has 0 aliphatic carbocycles. The second-order valence-corrected chi connectivity index (χ2v) is 6.03. The maximum atomic E-state index is 11.8. The first-order chi connectivity index (χ1) is 12.0. The number of nitrogens with zero attached hydrogens (tertiary/aromatic N) is 1. The molecule has 6 heteroatoms. The second-order valence-electron chi connectivity index (χ2n) is 5.17. The van der Waals surface area contributed by atoms with Gasteiger partial charge in [0, 0.05) is 10.5 Å². The number of aryl methyl sites for hydroxylation is 1. The molecule has 0 saturated carbocycles. The lowest BCUT2D eigenvalue weighted by atomic mass is 10.1. The fraction of sp³-hybridized carbons (Fsp3) is 0.105. The second kappa shape index (κ2) is 8.81. The van der Waals surface area contributed by atoms with Crippen LogP contribution in [0.1, 0.15) is 16.7 Å². The Labute approximate surface area is 154 Å². The molecule has 0 spiro atoms. The Morgan fingerprint density at radius 1 is 1.28 bits per heavy atom. The summed E-state index contributed by atoms with van der Waals surface area (Å²) in [6.45, 7) is 1.54. The quantitative estimate of drug-likeness (QED) is 0.612. The Balaban J connectivity index is 1.88. The zero-order valence-electron chi connectivity index (χ0n) is 13.5. The molecule has 0 aliphatic heterocycles. The van der Waals surface area contributed by atoms with Gasteiger partial charge in [0.1, 0.15) is 6.07 Å². The predicted molar refractivity (Wildman–Crippen MR) is 98.7 cm³/mol. The van der Waals surface area contributed by atoms with Gasteiger partial charge in [-0.15, -0.1) is 0 Å². The Morgan fingerprint density at radius 2 is 2.04 bits per heavy atom. The van der Waals surface area contributed by atoms with E-state index in [0.717, 1.165) is 15.6 Å². The van der Waals surface area contributed by atoms with E-state index in [1.165, 1.54) is 6.08 Å². The summed E-state index contributed by atoms with van der Waals surface area (Å²) >= 11 is 3.42. The van der Waals surface area contributed by atoms with Gasteiger partial charge in [-0.05, 0) is 42.3 Å². The summed E-state index contributed by atoms with van der Waals surface area (Å²) < 4.78 is 5.76. The number of nitrogens with one attached hydrogen (secondary N) is 1. The highest BCUT2D eigenvalue weighted by atomic mass is 79.9. The zero-order valence-corrected chi connectivity index (χ0v) is 15.0. The van der Waals surface area contributed by atoms with Crippen LogP contribution in [0.4, 0.5) is 5.69 Å². The molecule has 0 saturated heterocycles. The van der Waals surface area contributed by atoms with Gasteiger partial charge >= 0.3 is 5.97 Å². The molecule has 2 rings (SSSR count). The summed E-state index contributed by atoms with van der Waals surface area (Å²) in [4.78, 5) is 23.5. The number of esters is 1. The van der Waals surface area contributed by atoms with E-state index < -0.39 is 18.5 Å². The Bertz CT molecular complexity index is 869. The summed E-state index contributed by atoms with van der Waals surface area (Å²) in [7, 11) is 0. The molecule has 2 aromatic rings. The van der Waals surface area contributed by atoms with Crippen molar-refractivity contribution in [2.75, 3.05) is 11.9 Å². The normalized spacial score (nSPS) is 10.3. The molecule has 5 nitrogen and oxygen atoms in total. The number of ether oxygens (including phenoxy) is 1. The van der Waals surface area contributed by atoms with Gasteiger partial charge in [-0.25, -0.2) is 4.79 Å². The summed E-state index contributed by atoms with van der Waals surface area (Å²) in [6, 6.07) is 14.3. The number of rotatable bonds is 5. The SMILES string of the molecule is Cc1ccc(/C=C/C(=O)OCC(=O)Nc2ccccc2C#N)c(Br)c1. The molecule has 0 heterocycles. The van der Waals surface area contributed by atoms with Gasteiger partial charge in [-0.3, -0.25) is 4.79 Å². The third-order valence-electron chi connectivity index (χ3n) is 3.22. The molecule has 126 valence electrons. The van der Waals surface area contributed by atoms with E-state index in [-0.39, 0.29) is 0 Å². The predicted octanol–water partition coefficient (Wildman–Crippen LogP) is 3.82. The fourth-order valence-electron chi connectivity index (χ4n) is 1.99. The summed E-state index contributed by atoms with van der Waals surface area (Å²) in [5, 5.41) is 11.5. The first-order valence-corrected chi connectivity index (χ1v) is 8.19. The molecular weight excluding hydrogens is 384 g/mol. The molecule has 0 aromatic heterocycles. The van der Waals surface area contributed by atoms with Gasteiger partial charge in [0.15, 0.2) is 6.61 Å². The maximum absolute atomic E-state index is 11.8. The summed E-state index contributed by atoms with van der Waals surface area (Å²) in [6.07, 6.45) is 2.86. The molecule has 0 unspecified atom stereocenters. The van der Waals surface area contributed by atoms with Gasteiger partial charge in [0.05, 0.1) is 11.3 Å². The van der Waals surface area contributed by atoms with E-state index in [9.17, 15) is 9.59 Å². The van der Waals surface area contributed by atoms with Crippen molar-refractivity contribution in [1.82, 2.24) is 0 Å². The molecule has 2 aromatic carbocycles. The number of hydrogen-bond acceptors (Lipinski definition) is 4. The van der Waals surface area contributed by atoms with Crippen LogP contribution in [0, 0.1) is 18.3 Å². The standard InChI is InChI=1S/C19H15BrN2O3/c1-13-6-7-14(16(20)10-13)8-9-19(24)25-12-18(23)22-17-5-3-2-4-15(17)11-21/h2-10H,12H2,1H3,(H,22,23)/b9-8+. The molecule has 25 heavy (non-hydrogen) atoms. The first kappa shape index (κ1) is 18.4. The highest BCUT2D eigenvalue weighted by Crippen LogP contribution is 2.19. The minimum absolute atomic E-state index is 0.339. The third-order valence-corrected chi connectivity index (χ3v) is 3.91. The van der Waals surface area contributed by atoms with Crippen LogP contribution in [0.3, 0.4) is 0 Å². The van der Waals surface area contributed by atoms with Crippen molar-refractivity contribution in [2.24, 2.45) is 0 Å². The first-order valence-electron chi connectivity index (χ1n) is 7.39. The molecule has 0 bridgehead atoms. The van der Waals surface area contributed by atoms with Crippen LogP contribution in [0.15, 0.2) is 53.0 Å². The van der Waals surface area contributed by atoms with Crippen LogP contribution >= 0.6 is 15.9 Å². The van der Waals surface area contributed by atoms with Crippen LogP contribution < -0.4 is 5.32 Å². The van der Waals surface area contributed by atoms with Crippen molar-refractivity contribution >= 4 is 39.6 Å². The Morgan fingerprint density at radius 3 is 2.76 bits per heavy atom. The molecule has 1 N–H and O–H groups in total. The number of halogens is 1. The van der Waals surface area contributed by atoms with Crippen LogP contribution in [-0.2, 0) is 14.3 Å². The highest BCUT2D eigenvalue weighted by Gasteiger charge is 2.08. The topological polar surface area (TPSA) is 79.2 Å². The highest BCUT2D eigenvalue weighted by molar-refractivity contribution is 9.10. The third kappa shape index (κ3) is 5.59. The van der Waals surface area contributed by atoms with Crippen molar-refractivity contribution in [3.05, 3.63) is 69.7 Å². The van der Waals surface area contributed by atoms with Crippen LogP contribution in [0.5, 0.6) is 0 Å². The van der Waals surface area contributed by atoms with E-state index >= 15 is 0 Å². The number of anilines is 1. The van der Waals surface area contributed by atoms with Crippen molar-refractivity contribution in [2.45, 2.75) is 6.92 Å². The number of para-hydroxylation sites is 1. The maximum Gasteiger partial charge on any atom is 0.331 e. The van der Waals surface area contributed by atoms with Crippen molar-refractivity contribution < 1.29 is 14.3 Å². The number of carbonyl (C=O) groups is 2. The monoisotopic (exact) mass is 398 g/mol. The van der Waals surface area contributed by atoms with Crippen LogP contribution in [0.2, 0.25) is 0 Å². The van der Waals surface area contributed by atoms with Gasteiger partial charge < -0.3 is 10.1 Å². The van der Waals surface area contributed by atoms with E-state index in [2.05, 4.69) is 21.2 Å². The lowest BCUT2D eigenvalue weighted by Crippen LogP contribution is -2.20. The Kier molecular flexibility index (Phi) is 6.49. The van der Waals surface area contributed by atoms with E-state index in [1.54, 1.807) is 30.3 Å².